The van der Waals surface area contributed by atoms with Crippen LogP contribution >= 0.6 is 11.6 Å². The number of halogens is 1. The first-order valence-electron chi connectivity index (χ1n) is 12.2. The van der Waals surface area contributed by atoms with Crippen LogP contribution in [0, 0.1) is 0 Å². The maximum absolute atomic E-state index is 13.4. The maximum atomic E-state index is 13.4. The number of amides is 2. The summed E-state index contributed by atoms with van der Waals surface area (Å²) in [5.41, 5.74) is 3.31. The Morgan fingerprint density at radius 1 is 1.00 bits per heavy atom. The van der Waals surface area contributed by atoms with Crippen molar-refractivity contribution in [1.82, 2.24) is 29.8 Å². The van der Waals surface area contributed by atoms with Gasteiger partial charge in [-0.1, -0.05) is 53.2 Å². The second-order valence-electron chi connectivity index (χ2n) is 9.50. The van der Waals surface area contributed by atoms with Gasteiger partial charge in [-0.05, 0) is 38.0 Å². The molecule has 2 aliphatic rings. The highest BCUT2D eigenvalue weighted by Gasteiger charge is 2.33. The third-order valence-corrected chi connectivity index (χ3v) is 7.21. The molecule has 182 valence electrons. The lowest BCUT2D eigenvalue weighted by molar-refractivity contribution is 0.0411. The molecule has 8 nitrogen and oxygen atoms in total. The van der Waals surface area contributed by atoms with Crippen molar-refractivity contribution in [3.8, 4) is 11.3 Å². The van der Waals surface area contributed by atoms with E-state index in [9.17, 15) is 9.59 Å². The molecular weight excluding hydrogens is 476 g/mol. The standard InChI is InChI=1S/C27H25ClN6O2/c1-17-15-32(11-12-33(17)27(36)25-16-34(31-30-25)20-8-9-20)26(35)19-7-10-21-22(28)14-23(29-24(21)13-19)18-5-3-2-4-6-18/h2-7,10,13-14,16-17,20H,8-9,11-12,15H2,1H3/t17-/m1/s1. The largest absolute Gasteiger partial charge is 0.335 e. The molecule has 2 aromatic carbocycles. The molecular formula is C27H25ClN6O2. The molecule has 4 aromatic rings. The van der Waals surface area contributed by atoms with Crippen LogP contribution in [0.5, 0.6) is 0 Å². The quantitative estimate of drug-likeness (QED) is 0.413. The topological polar surface area (TPSA) is 84.2 Å². The summed E-state index contributed by atoms with van der Waals surface area (Å²) in [6.45, 7) is 3.29. The molecule has 2 fully saturated rings. The van der Waals surface area contributed by atoms with Crippen molar-refractivity contribution < 1.29 is 9.59 Å². The lowest BCUT2D eigenvalue weighted by Gasteiger charge is -2.39. The molecule has 0 bridgehead atoms. The van der Waals surface area contributed by atoms with Crippen molar-refractivity contribution in [2.24, 2.45) is 0 Å². The number of piperazine rings is 1. The first kappa shape index (κ1) is 22.7. The zero-order chi connectivity index (χ0) is 24.8. The lowest BCUT2D eigenvalue weighted by Crippen LogP contribution is -2.55. The number of fused-ring (bicyclic) bond motifs is 1. The Labute approximate surface area is 213 Å². The molecule has 0 unspecified atom stereocenters. The van der Waals surface area contributed by atoms with E-state index in [1.165, 1.54) is 0 Å². The van der Waals surface area contributed by atoms with Gasteiger partial charge in [0.1, 0.15) is 0 Å². The van der Waals surface area contributed by atoms with Gasteiger partial charge in [0.2, 0.25) is 0 Å². The molecule has 1 saturated heterocycles. The molecule has 0 radical (unpaired) electrons. The number of rotatable bonds is 4. The van der Waals surface area contributed by atoms with Gasteiger partial charge in [0, 0.05) is 42.2 Å². The average molecular weight is 501 g/mol. The zero-order valence-electron chi connectivity index (χ0n) is 19.8. The van der Waals surface area contributed by atoms with Crippen molar-refractivity contribution in [3.63, 3.8) is 0 Å². The Hall–Kier alpha value is -3.78. The average Bonchev–Trinajstić information content (AvgIpc) is 3.64. The molecule has 36 heavy (non-hydrogen) atoms. The van der Waals surface area contributed by atoms with Crippen LogP contribution in [0.25, 0.3) is 22.2 Å². The van der Waals surface area contributed by atoms with E-state index in [-0.39, 0.29) is 17.9 Å². The Kier molecular flexibility index (Phi) is 5.68. The van der Waals surface area contributed by atoms with Gasteiger partial charge in [-0.25, -0.2) is 9.67 Å². The molecule has 2 aromatic heterocycles. The van der Waals surface area contributed by atoms with Gasteiger partial charge in [0.15, 0.2) is 5.69 Å². The highest BCUT2D eigenvalue weighted by molar-refractivity contribution is 6.35. The summed E-state index contributed by atoms with van der Waals surface area (Å²) in [5, 5.41) is 9.57. The van der Waals surface area contributed by atoms with Gasteiger partial charge in [0.05, 0.1) is 28.5 Å². The number of nitrogens with zero attached hydrogens (tertiary/aromatic N) is 6. The third kappa shape index (κ3) is 4.22. The summed E-state index contributed by atoms with van der Waals surface area (Å²) in [5.74, 6) is -0.224. The minimum absolute atomic E-state index is 0.0847. The van der Waals surface area contributed by atoms with E-state index in [0.29, 0.717) is 47.5 Å². The monoisotopic (exact) mass is 500 g/mol. The zero-order valence-corrected chi connectivity index (χ0v) is 20.6. The molecule has 0 spiro atoms. The summed E-state index contributed by atoms with van der Waals surface area (Å²) < 4.78 is 1.78. The molecule has 9 heteroatoms. The highest BCUT2D eigenvalue weighted by atomic mass is 35.5. The van der Waals surface area contributed by atoms with Crippen LogP contribution in [-0.4, -0.2) is 67.3 Å². The van der Waals surface area contributed by atoms with Crippen LogP contribution in [0.15, 0.2) is 60.8 Å². The molecule has 0 N–H and O–H groups in total. The predicted octanol–water partition coefficient (Wildman–Crippen LogP) is 4.47. The number of benzene rings is 2. The van der Waals surface area contributed by atoms with Crippen LogP contribution in [0.1, 0.15) is 46.7 Å². The maximum Gasteiger partial charge on any atom is 0.276 e. The number of hydrogen-bond donors (Lipinski definition) is 0. The van der Waals surface area contributed by atoms with E-state index >= 15 is 0 Å². The molecule has 1 saturated carbocycles. The van der Waals surface area contributed by atoms with E-state index in [2.05, 4.69) is 10.3 Å². The van der Waals surface area contributed by atoms with Gasteiger partial charge in [0.25, 0.3) is 11.8 Å². The minimum atomic E-state index is -0.140. The van der Waals surface area contributed by atoms with Gasteiger partial charge in [-0.2, -0.15) is 0 Å². The van der Waals surface area contributed by atoms with Crippen molar-refractivity contribution in [3.05, 3.63) is 77.1 Å². The van der Waals surface area contributed by atoms with E-state index in [1.807, 2.05) is 49.4 Å². The van der Waals surface area contributed by atoms with E-state index in [4.69, 9.17) is 16.6 Å². The van der Waals surface area contributed by atoms with Crippen molar-refractivity contribution in [2.75, 3.05) is 19.6 Å². The fourth-order valence-electron chi connectivity index (χ4n) is 4.74. The number of hydrogen-bond acceptors (Lipinski definition) is 5. The van der Waals surface area contributed by atoms with Gasteiger partial charge in [-0.15, -0.1) is 5.10 Å². The Balaban J connectivity index is 1.19. The SMILES string of the molecule is C[C@@H]1CN(C(=O)c2ccc3c(Cl)cc(-c4ccccc4)nc3c2)CCN1C(=O)c1cn(C2CC2)nn1. The number of carbonyl (C=O) groups excluding carboxylic acids is 2. The lowest BCUT2D eigenvalue weighted by atomic mass is 10.1. The van der Waals surface area contributed by atoms with Gasteiger partial charge >= 0.3 is 0 Å². The summed E-state index contributed by atoms with van der Waals surface area (Å²) >= 11 is 6.55. The molecule has 1 atom stereocenters. The van der Waals surface area contributed by atoms with E-state index in [1.54, 1.807) is 32.8 Å². The van der Waals surface area contributed by atoms with Gasteiger partial charge < -0.3 is 9.80 Å². The number of aromatic nitrogens is 4. The summed E-state index contributed by atoms with van der Waals surface area (Å²) in [6.07, 6.45) is 3.90. The van der Waals surface area contributed by atoms with Crippen LogP contribution in [0.2, 0.25) is 5.02 Å². The van der Waals surface area contributed by atoms with Crippen LogP contribution in [0.3, 0.4) is 0 Å². The molecule has 1 aliphatic heterocycles. The fraction of sp³-hybridized carbons (Fsp3) is 0.296. The second-order valence-corrected chi connectivity index (χ2v) is 9.91. The summed E-state index contributed by atoms with van der Waals surface area (Å²) in [7, 11) is 0. The predicted molar refractivity (Wildman–Crippen MR) is 137 cm³/mol. The minimum Gasteiger partial charge on any atom is -0.335 e. The van der Waals surface area contributed by atoms with Crippen molar-refractivity contribution >= 4 is 34.3 Å². The molecule has 2 amide bonds. The van der Waals surface area contributed by atoms with Crippen molar-refractivity contribution in [2.45, 2.75) is 31.8 Å². The van der Waals surface area contributed by atoms with E-state index in [0.717, 1.165) is 29.5 Å². The Bertz CT molecular complexity index is 1470. The molecule has 1 aliphatic carbocycles. The summed E-state index contributed by atoms with van der Waals surface area (Å²) in [4.78, 5) is 34.8. The van der Waals surface area contributed by atoms with Gasteiger partial charge in [-0.3, -0.25) is 9.59 Å². The van der Waals surface area contributed by atoms with Crippen LogP contribution in [-0.2, 0) is 0 Å². The van der Waals surface area contributed by atoms with E-state index < -0.39 is 0 Å². The molecule has 6 rings (SSSR count). The first-order chi connectivity index (χ1) is 17.5. The number of pyridine rings is 1. The summed E-state index contributed by atoms with van der Waals surface area (Å²) in [6, 6.07) is 17.3. The molecule has 3 heterocycles. The second kappa shape index (κ2) is 9.02. The Morgan fingerprint density at radius 2 is 1.81 bits per heavy atom. The Morgan fingerprint density at radius 3 is 2.56 bits per heavy atom. The normalized spacial score (nSPS) is 18.0. The van der Waals surface area contributed by atoms with Crippen LogP contribution in [0.4, 0.5) is 0 Å². The number of carbonyl (C=O) groups is 2. The smallest absolute Gasteiger partial charge is 0.276 e. The fourth-order valence-corrected chi connectivity index (χ4v) is 5.00. The third-order valence-electron chi connectivity index (χ3n) is 6.90. The first-order valence-corrected chi connectivity index (χ1v) is 12.5. The van der Waals surface area contributed by atoms with Crippen LogP contribution < -0.4 is 0 Å². The van der Waals surface area contributed by atoms with Crippen molar-refractivity contribution in [1.29, 1.82) is 0 Å². The highest BCUT2D eigenvalue weighted by Crippen LogP contribution is 2.34.